The molecule has 0 aromatic carbocycles. The first-order valence-corrected chi connectivity index (χ1v) is 15.5. The van der Waals surface area contributed by atoms with Gasteiger partial charge in [0.15, 0.2) is 0 Å². The summed E-state index contributed by atoms with van der Waals surface area (Å²) < 4.78 is 13.8. The van der Waals surface area contributed by atoms with E-state index in [0.717, 1.165) is 19.5 Å². The molecule has 1 rings (SSSR count). The van der Waals surface area contributed by atoms with Crippen molar-refractivity contribution in [3.05, 3.63) is 18.7 Å². The van der Waals surface area contributed by atoms with Crippen LogP contribution in [-0.2, 0) is 17.7 Å². The van der Waals surface area contributed by atoms with Crippen molar-refractivity contribution in [2.45, 2.75) is 90.6 Å². The van der Waals surface area contributed by atoms with E-state index >= 15 is 0 Å². The van der Waals surface area contributed by atoms with E-state index in [9.17, 15) is 4.57 Å². The third kappa shape index (κ3) is 12.7. The Morgan fingerprint density at radius 3 is 2.08 bits per heavy atom. The molecule has 0 fully saturated rings. The fraction of sp³-hybridized carbons (Fsp3) is 0.833. The van der Waals surface area contributed by atoms with E-state index in [1.807, 2.05) is 0 Å². The van der Waals surface area contributed by atoms with Crippen LogP contribution in [0, 0.1) is 0 Å². The molecule has 1 aromatic rings. The topological polar surface area (TPSA) is 25.9 Å². The second-order valence-electron chi connectivity index (χ2n) is 6.72. The van der Waals surface area contributed by atoms with Gasteiger partial charge in [0.25, 0.3) is 0 Å². The highest BCUT2D eigenvalue weighted by atomic mass is 79.9. The number of aromatic nitrogens is 2. The highest BCUT2D eigenvalue weighted by Gasteiger charge is 2.12. The van der Waals surface area contributed by atoms with Crippen molar-refractivity contribution in [3.8, 4) is 0 Å². The average Bonchev–Trinajstić information content (AvgIpc) is 2.96. The Kier molecular flexibility index (Phi) is 12.7. The van der Waals surface area contributed by atoms with Gasteiger partial charge in [0, 0.05) is 6.16 Å². The van der Waals surface area contributed by atoms with Crippen LogP contribution in [0.2, 0.25) is 0 Å². The van der Waals surface area contributed by atoms with Crippen molar-refractivity contribution < 1.29 is 9.13 Å². The summed E-state index contributed by atoms with van der Waals surface area (Å²) in [6.07, 6.45) is 21.8. The quantitative estimate of drug-likeness (QED) is 0.148. The summed E-state index contributed by atoms with van der Waals surface area (Å²) in [4.78, 5) is 0. The molecule has 0 aliphatic carbocycles. The van der Waals surface area contributed by atoms with Gasteiger partial charge in [0.1, 0.15) is 12.4 Å². The third-order valence-electron chi connectivity index (χ3n) is 4.35. The molecule has 6 heteroatoms. The molecule has 0 aliphatic rings. The van der Waals surface area contributed by atoms with Crippen molar-refractivity contribution >= 4 is 35.5 Å². The molecule has 1 aromatic heterocycles. The summed E-state index contributed by atoms with van der Waals surface area (Å²) in [6.45, 7) is 4.31. The highest BCUT2D eigenvalue weighted by molar-refractivity contribution is 9.70. The molecule has 0 saturated heterocycles. The van der Waals surface area contributed by atoms with E-state index < -0.39 is 4.55 Å². The van der Waals surface area contributed by atoms with Gasteiger partial charge in [-0.15, -0.1) is 0 Å². The largest absolute Gasteiger partial charge is 0.299 e. The van der Waals surface area contributed by atoms with Crippen LogP contribution in [0.5, 0.6) is 0 Å². The predicted molar refractivity (Wildman–Crippen MR) is 111 cm³/mol. The standard InChI is InChI=1S/C18H34Br2N2OP/c1-2-3-4-5-6-7-8-9-10-11-13-21-15-16-22(18-21)14-12-17-24(19,20)23/h15-16,18H,2-14,17H2,1H3/q+1. The molecular formula is C18H34Br2N2OP+. The minimum absolute atomic E-state index is 0.684. The maximum absolute atomic E-state index is 11.5. The lowest BCUT2D eigenvalue weighted by Gasteiger charge is -2.02. The lowest BCUT2D eigenvalue weighted by molar-refractivity contribution is -0.696. The molecule has 0 radical (unpaired) electrons. The average molecular weight is 485 g/mol. The molecular weight excluding hydrogens is 451 g/mol. The van der Waals surface area contributed by atoms with Crippen molar-refractivity contribution in [3.63, 3.8) is 0 Å². The van der Waals surface area contributed by atoms with E-state index in [-0.39, 0.29) is 0 Å². The molecule has 140 valence electrons. The zero-order valence-electron chi connectivity index (χ0n) is 15.1. The summed E-state index contributed by atoms with van der Waals surface area (Å²) in [5, 5.41) is 0. The van der Waals surface area contributed by atoms with Crippen LogP contribution in [-0.4, -0.2) is 10.7 Å². The van der Waals surface area contributed by atoms with Gasteiger partial charge < -0.3 is 0 Å². The number of hydrogen-bond acceptors (Lipinski definition) is 1. The Morgan fingerprint density at radius 1 is 0.917 bits per heavy atom. The smallest absolute Gasteiger partial charge is 0.243 e. The van der Waals surface area contributed by atoms with Crippen molar-refractivity contribution in [2.75, 3.05) is 6.16 Å². The summed E-state index contributed by atoms with van der Waals surface area (Å²) >= 11 is 6.38. The molecule has 0 spiro atoms. The SMILES string of the molecule is CCCCCCCCCCCCn1cc[n+](CCCP(=O)(Br)Br)c1. The van der Waals surface area contributed by atoms with Gasteiger partial charge in [-0.1, -0.05) is 58.3 Å². The maximum Gasteiger partial charge on any atom is 0.243 e. The maximum atomic E-state index is 11.5. The van der Waals surface area contributed by atoms with Gasteiger partial charge in [0.2, 0.25) is 10.9 Å². The molecule has 0 bridgehead atoms. The fourth-order valence-electron chi connectivity index (χ4n) is 2.92. The molecule has 0 N–H and O–H groups in total. The second-order valence-corrected chi connectivity index (χ2v) is 18.0. The van der Waals surface area contributed by atoms with Gasteiger partial charge in [0.05, 0.1) is 13.1 Å². The lowest BCUT2D eigenvalue weighted by Crippen LogP contribution is -2.31. The first-order valence-electron chi connectivity index (χ1n) is 9.54. The Bertz CT molecular complexity index is 473. The van der Waals surface area contributed by atoms with Crippen molar-refractivity contribution in [2.24, 2.45) is 0 Å². The third-order valence-corrected chi connectivity index (χ3v) is 7.32. The van der Waals surface area contributed by atoms with E-state index in [1.54, 1.807) is 0 Å². The Morgan fingerprint density at radius 2 is 1.50 bits per heavy atom. The molecule has 0 aliphatic heterocycles. The van der Waals surface area contributed by atoms with E-state index in [2.05, 4.69) is 65.8 Å². The second kappa shape index (κ2) is 13.6. The molecule has 0 amide bonds. The highest BCUT2D eigenvalue weighted by Crippen LogP contribution is 2.61. The van der Waals surface area contributed by atoms with Crippen LogP contribution in [0.3, 0.4) is 0 Å². The minimum Gasteiger partial charge on any atom is -0.299 e. The Labute approximate surface area is 164 Å². The molecule has 0 atom stereocenters. The monoisotopic (exact) mass is 483 g/mol. The van der Waals surface area contributed by atoms with Crippen LogP contribution < -0.4 is 4.57 Å². The zero-order chi connectivity index (χ0) is 17.7. The first kappa shape index (κ1) is 22.4. The minimum atomic E-state index is -2.23. The van der Waals surface area contributed by atoms with Gasteiger partial charge in [-0.2, -0.15) is 0 Å². The van der Waals surface area contributed by atoms with Crippen LogP contribution in [0.25, 0.3) is 0 Å². The van der Waals surface area contributed by atoms with Crippen molar-refractivity contribution in [1.29, 1.82) is 0 Å². The van der Waals surface area contributed by atoms with E-state index in [1.165, 1.54) is 64.2 Å². The summed E-state index contributed by atoms with van der Waals surface area (Å²) in [6, 6.07) is 0. The van der Waals surface area contributed by atoms with E-state index in [0.29, 0.717) is 6.16 Å². The summed E-state index contributed by atoms with van der Waals surface area (Å²) in [5.41, 5.74) is 0. The molecule has 0 unspecified atom stereocenters. The number of halogens is 2. The predicted octanol–water partition coefficient (Wildman–Crippen LogP) is 7.07. The Balaban J connectivity index is 1.99. The zero-order valence-corrected chi connectivity index (χ0v) is 19.2. The Hall–Kier alpha value is 0.400. The van der Waals surface area contributed by atoms with Gasteiger partial charge in [-0.3, -0.25) is 4.57 Å². The van der Waals surface area contributed by atoms with Crippen LogP contribution in [0.4, 0.5) is 0 Å². The van der Waals surface area contributed by atoms with E-state index in [4.69, 9.17) is 0 Å². The molecule has 24 heavy (non-hydrogen) atoms. The summed E-state index contributed by atoms with van der Waals surface area (Å²) in [7, 11) is 0. The van der Waals surface area contributed by atoms with Gasteiger partial charge >= 0.3 is 0 Å². The lowest BCUT2D eigenvalue weighted by atomic mass is 10.1. The van der Waals surface area contributed by atoms with Gasteiger partial charge in [-0.05, 0) is 50.2 Å². The number of hydrogen-bond donors (Lipinski definition) is 0. The number of unbranched alkanes of at least 4 members (excludes halogenated alkanes) is 9. The van der Waals surface area contributed by atoms with Crippen LogP contribution >= 0.6 is 35.5 Å². The molecule has 3 nitrogen and oxygen atoms in total. The number of aryl methyl sites for hydroxylation is 2. The van der Waals surface area contributed by atoms with Gasteiger partial charge in [-0.25, -0.2) is 9.13 Å². The number of imidazole rings is 1. The number of nitrogens with zero attached hydrogens (tertiary/aromatic N) is 2. The van der Waals surface area contributed by atoms with Crippen LogP contribution in [0.15, 0.2) is 18.7 Å². The fourth-order valence-corrected chi connectivity index (χ4v) is 4.94. The summed E-state index contributed by atoms with van der Waals surface area (Å²) in [5.74, 6) is 0. The van der Waals surface area contributed by atoms with Crippen molar-refractivity contribution in [1.82, 2.24) is 4.57 Å². The van der Waals surface area contributed by atoms with Crippen LogP contribution in [0.1, 0.15) is 77.6 Å². The molecule has 1 heterocycles. The first-order chi connectivity index (χ1) is 11.5. The molecule has 0 saturated carbocycles. The number of rotatable bonds is 15. The normalized spacial score (nSPS) is 12.0.